The number of benzene rings is 1. The van der Waals surface area contributed by atoms with Gasteiger partial charge in [0.2, 0.25) is 17.7 Å². The first-order valence-corrected chi connectivity index (χ1v) is 11.0. The highest BCUT2D eigenvalue weighted by atomic mass is 16.5. The summed E-state index contributed by atoms with van der Waals surface area (Å²) in [5.41, 5.74) is 6.25. The van der Waals surface area contributed by atoms with Gasteiger partial charge in [-0.2, -0.15) is 0 Å². The number of rotatable bonds is 11. The van der Waals surface area contributed by atoms with Crippen molar-refractivity contribution in [2.24, 2.45) is 11.7 Å². The highest BCUT2D eigenvalue weighted by Crippen LogP contribution is 2.43. The fourth-order valence-corrected chi connectivity index (χ4v) is 4.37. The fraction of sp³-hybridized carbons (Fsp3) is 0.591. The fourth-order valence-electron chi connectivity index (χ4n) is 4.37. The third kappa shape index (κ3) is 5.54. The molecule has 0 bridgehead atoms. The molecule has 0 spiro atoms. The van der Waals surface area contributed by atoms with Crippen LogP contribution in [0.1, 0.15) is 43.7 Å². The van der Waals surface area contributed by atoms with Crippen LogP contribution in [0.15, 0.2) is 24.3 Å². The summed E-state index contributed by atoms with van der Waals surface area (Å²) in [6, 6.07) is 5.96. The SMILES string of the molecule is NCCCCCCNC(=O)[C@@H]1C[C@@H]2C(=O)NCC(=O)N2[C@@H]1c1cccc(OCCO)c1. The molecule has 0 aliphatic carbocycles. The molecule has 2 aliphatic rings. The molecule has 2 aliphatic heterocycles. The standard InChI is InChI=1S/C22H32N4O5/c23-8-3-1-2-4-9-24-21(29)17-13-18-22(30)25-14-19(28)26(18)20(17)15-6-5-7-16(12-15)31-11-10-27/h5-7,12,17-18,20,27H,1-4,8-11,13-14,23H2,(H,24,29)(H,25,30)/t17-,18-,20-/m1/s1. The van der Waals surface area contributed by atoms with Crippen molar-refractivity contribution >= 4 is 17.7 Å². The van der Waals surface area contributed by atoms with Crippen molar-refractivity contribution in [1.82, 2.24) is 15.5 Å². The largest absolute Gasteiger partial charge is 0.491 e. The van der Waals surface area contributed by atoms with Crippen molar-refractivity contribution in [2.45, 2.75) is 44.2 Å². The molecule has 1 aromatic rings. The number of piperazine rings is 1. The highest BCUT2D eigenvalue weighted by molar-refractivity contribution is 5.97. The van der Waals surface area contributed by atoms with Crippen molar-refractivity contribution in [3.63, 3.8) is 0 Å². The van der Waals surface area contributed by atoms with E-state index in [1.54, 1.807) is 23.1 Å². The molecule has 31 heavy (non-hydrogen) atoms. The van der Waals surface area contributed by atoms with Gasteiger partial charge in [0.1, 0.15) is 18.4 Å². The van der Waals surface area contributed by atoms with Crippen LogP contribution in [0.2, 0.25) is 0 Å². The van der Waals surface area contributed by atoms with Gasteiger partial charge in [-0.1, -0.05) is 25.0 Å². The molecule has 0 aromatic heterocycles. The van der Waals surface area contributed by atoms with E-state index in [2.05, 4.69) is 10.6 Å². The predicted octanol–water partition coefficient (Wildman–Crippen LogP) is 0.0810. The Morgan fingerprint density at radius 2 is 2.06 bits per heavy atom. The van der Waals surface area contributed by atoms with E-state index in [0.717, 1.165) is 31.2 Å². The Morgan fingerprint density at radius 3 is 2.84 bits per heavy atom. The number of amides is 3. The molecule has 2 saturated heterocycles. The Bertz CT molecular complexity index is 787. The molecule has 3 amide bonds. The zero-order valence-corrected chi connectivity index (χ0v) is 17.7. The van der Waals surface area contributed by atoms with Crippen molar-refractivity contribution < 1.29 is 24.2 Å². The van der Waals surface area contributed by atoms with Gasteiger partial charge in [0.15, 0.2) is 0 Å². The van der Waals surface area contributed by atoms with Gasteiger partial charge in [-0.3, -0.25) is 14.4 Å². The lowest BCUT2D eigenvalue weighted by atomic mass is 9.92. The molecule has 3 rings (SSSR count). The van der Waals surface area contributed by atoms with E-state index in [-0.39, 0.29) is 43.9 Å². The van der Waals surface area contributed by atoms with E-state index in [9.17, 15) is 14.4 Å². The Morgan fingerprint density at radius 1 is 1.26 bits per heavy atom. The van der Waals surface area contributed by atoms with Gasteiger partial charge in [-0.25, -0.2) is 0 Å². The highest BCUT2D eigenvalue weighted by Gasteiger charge is 2.52. The first-order chi connectivity index (χ1) is 15.1. The van der Waals surface area contributed by atoms with Crippen LogP contribution < -0.4 is 21.1 Å². The first kappa shape index (κ1) is 23.0. The Kier molecular flexibility index (Phi) is 8.25. The van der Waals surface area contributed by atoms with Crippen LogP contribution in [-0.2, 0) is 14.4 Å². The van der Waals surface area contributed by atoms with Gasteiger partial charge in [0.25, 0.3) is 0 Å². The lowest BCUT2D eigenvalue weighted by Gasteiger charge is -2.34. The third-order valence-corrected chi connectivity index (χ3v) is 5.82. The lowest BCUT2D eigenvalue weighted by Crippen LogP contribution is -2.56. The number of aliphatic hydroxyl groups is 1. The summed E-state index contributed by atoms with van der Waals surface area (Å²) < 4.78 is 5.50. The predicted molar refractivity (Wildman–Crippen MR) is 114 cm³/mol. The van der Waals surface area contributed by atoms with Gasteiger partial charge in [-0.05, 0) is 43.5 Å². The summed E-state index contributed by atoms with van der Waals surface area (Å²) >= 11 is 0. The summed E-state index contributed by atoms with van der Waals surface area (Å²) in [4.78, 5) is 39.7. The van der Waals surface area contributed by atoms with Crippen LogP contribution in [0.3, 0.4) is 0 Å². The number of ether oxygens (including phenoxy) is 1. The zero-order valence-electron chi connectivity index (χ0n) is 17.7. The minimum atomic E-state index is -0.659. The third-order valence-electron chi connectivity index (χ3n) is 5.82. The smallest absolute Gasteiger partial charge is 0.243 e. The van der Waals surface area contributed by atoms with E-state index in [0.29, 0.717) is 18.8 Å². The number of nitrogens with zero attached hydrogens (tertiary/aromatic N) is 1. The Labute approximate surface area is 182 Å². The molecule has 2 heterocycles. The number of unbranched alkanes of at least 4 members (excludes halogenated alkanes) is 3. The van der Waals surface area contributed by atoms with Crippen LogP contribution in [-0.4, -0.2) is 66.6 Å². The van der Waals surface area contributed by atoms with E-state index in [1.807, 2.05) is 6.07 Å². The summed E-state index contributed by atoms with van der Waals surface area (Å²) in [7, 11) is 0. The van der Waals surface area contributed by atoms with E-state index >= 15 is 0 Å². The molecule has 0 saturated carbocycles. The number of fused-ring (bicyclic) bond motifs is 1. The monoisotopic (exact) mass is 432 g/mol. The molecule has 170 valence electrons. The van der Waals surface area contributed by atoms with Crippen molar-refractivity contribution in [3.8, 4) is 5.75 Å². The van der Waals surface area contributed by atoms with Crippen LogP contribution in [0.25, 0.3) is 0 Å². The van der Waals surface area contributed by atoms with Crippen LogP contribution in [0.4, 0.5) is 0 Å². The maximum Gasteiger partial charge on any atom is 0.243 e. The van der Waals surface area contributed by atoms with E-state index in [4.69, 9.17) is 15.6 Å². The van der Waals surface area contributed by atoms with Crippen LogP contribution in [0.5, 0.6) is 5.75 Å². The Hall–Kier alpha value is -2.65. The van der Waals surface area contributed by atoms with Crippen LogP contribution >= 0.6 is 0 Å². The van der Waals surface area contributed by atoms with Crippen molar-refractivity contribution in [3.05, 3.63) is 29.8 Å². The van der Waals surface area contributed by atoms with Gasteiger partial charge in [0.05, 0.1) is 25.1 Å². The molecule has 5 N–H and O–H groups in total. The summed E-state index contributed by atoms with van der Waals surface area (Å²) in [6.07, 6.45) is 4.14. The number of aliphatic hydroxyl groups excluding tert-OH is 1. The number of hydrogen-bond acceptors (Lipinski definition) is 6. The topological polar surface area (TPSA) is 134 Å². The molecule has 0 radical (unpaired) electrons. The van der Waals surface area contributed by atoms with E-state index < -0.39 is 18.0 Å². The average Bonchev–Trinajstić information content (AvgIpc) is 3.19. The summed E-state index contributed by atoms with van der Waals surface area (Å²) in [5, 5.41) is 14.6. The quantitative estimate of drug-likeness (QED) is 0.366. The maximum atomic E-state index is 13.1. The maximum absolute atomic E-state index is 13.1. The number of carbonyl (C=O) groups is 3. The molecule has 2 fully saturated rings. The Balaban J connectivity index is 1.77. The number of carbonyl (C=O) groups excluding carboxylic acids is 3. The molecule has 0 unspecified atom stereocenters. The minimum Gasteiger partial charge on any atom is -0.491 e. The number of nitrogens with two attached hydrogens (primary N) is 1. The van der Waals surface area contributed by atoms with Crippen molar-refractivity contribution in [1.29, 1.82) is 0 Å². The second-order valence-corrected chi connectivity index (χ2v) is 7.96. The number of nitrogens with one attached hydrogen (secondary N) is 2. The molecular weight excluding hydrogens is 400 g/mol. The van der Waals surface area contributed by atoms with Gasteiger partial charge < -0.3 is 31.1 Å². The second kappa shape index (κ2) is 11.1. The van der Waals surface area contributed by atoms with Crippen LogP contribution in [0, 0.1) is 5.92 Å². The zero-order chi connectivity index (χ0) is 22.2. The molecule has 3 atom stereocenters. The molecule has 9 heteroatoms. The summed E-state index contributed by atoms with van der Waals surface area (Å²) in [6.45, 7) is 1.19. The van der Waals surface area contributed by atoms with E-state index in [1.165, 1.54) is 0 Å². The minimum absolute atomic E-state index is 0.0674. The molecule has 9 nitrogen and oxygen atoms in total. The van der Waals surface area contributed by atoms with Gasteiger partial charge in [0, 0.05) is 6.54 Å². The van der Waals surface area contributed by atoms with Gasteiger partial charge in [-0.15, -0.1) is 0 Å². The van der Waals surface area contributed by atoms with Crippen molar-refractivity contribution in [2.75, 3.05) is 32.8 Å². The summed E-state index contributed by atoms with van der Waals surface area (Å²) in [5.74, 6) is -0.568. The molecular formula is C22H32N4O5. The number of hydrogen-bond donors (Lipinski definition) is 4. The average molecular weight is 433 g/mol. The lowest BCUT2D eigenvalue weighted by molar-refractivity contribution is -0.145. The normalized spacial score (nSPS) is 22.8. The molecule has 1 aromatic carbocycles. The second-order valence-electron chi connectivity index (χ2n) is 7.96. The van der Waals surface area contributed by atoms with Gasteiger partial charge >= 0.3 is 0 Å². The first-order valence-electron chi connectivity index (χ1n) is 11.0.